The number of aromatic amines is 1. The van der Waals surface area contributed by atoms with Crippen LogP contribution in [0.1, 0.15) is 2.85 Å². The first-order chi connectivity index (χ1) is 6.22. The second-order valence-corrected chi connectivity index (χ2v) is 2.76. The molecule has 0 bridgehead atoms. The number of hydrogen-bond acceptors (Lipinski definition) is 8. The van der Waals surface area contributed by atoms with Gasteiger partial charge in [-0.2, -0.15) is 0 Å². The molecule has 0 fully saturated rings. The van der Waals surface area contributed by atoms with Gasteiger partial charge in [-0.15, -0.1) is 0 Å². The van der Waals surface area contributed by atoms with Crippen LogP contribution in [0, 0.1) is 0 Å². The Hall–Kier alpha value is -1.65. The zero-order chi connectivity index (χ0) is 11.4. The van der Waals surface area contributed by atoms with E-state index in [0.717, 1.165) is 0 Å². The predicted octanol–water partition coefficient (Wildman–Crippen LogP) is -2.18. The molecule has 0 radical (unpaired) electrons. The van der Waals surface area contributed by atoms with Crippen molar-refractivity contribution < 1.29 is 20.4 Å². The Bertz CT molecular complexity index is 452. The third-order valence-corrected chi connectivity index (χ3v) is 0.920. The van der Waals surface area contributed by atoms with Gasteiger partial charge in [0.05, 0.1) is 6.33 Å². The Morgan fingerprint density at radius 3 is 2.14 bits per heavy atom. The summed E-state index contributed by atoms with van der Waals surface area (Å²) in [5, 5.41) is 0. The first-order valence-electron chi connectivity index (χ1n) is 2.97. The summed E-state index contributed by atoms with van der Waals surface area (Å²) in [5.41, 5.74) is 9.88. The van der Waals surface area contributed by atoms with Crippen LogP contribution in [0.25, 0.3) is 0 Å². The van der Waals surface area contributed by atoms with Crippen LogP contribution in [0.2, 0.25) is 0 Å². The molecule has 10 heteroatoms. The van der Waals surface area contributed by atoms with Crippen molar-refractivity contribution in [2.75, 3.05) is 11.5 Å². The Labute approximate surface area is 81.3 Å². The predicted molar refractivity (Wildman–Crippen MR) is 46.4 cm³/mol. The van der Waals surface area contributed by atoms with Crippen molar-refractivity contribution in [3.63, 3.8) is 0 Å². The first kappa shape index (κ1) is 12.3. The van der Waals surface area contributed by atoms with Crippen LogP contribution in [0.5, 0.6) is 0 Å². The zero-order valence-corrected chi connectivity index (χ0v) is 7.45. The van der Waals surface area contributed by atoms with Gasteiger partial charge in [-0.05, 0) is 0 Å². The number of rotatable bonds is 0. The van der Waals surface area contributed by atoms with Gasteiger partial charge in [-0.25, -0.2) is 4.98 Å². The summed E-state index contributed by atoms with van der Waals surface area (Å²) in [7, 11) is -5.17. The van der Waals surface area contributed by atoms with E-state index in [-0.39, 0.29) is 14.4 Å². The standard InChI is InChI=1S/C4H6N4O.H2O4S/c5-2-3(6)7-1-8-4(2)9;1-5(2,3)4/h1H,5H2,(H3,6,7,8,9);(H2,1,2,3,4). The van der Waals surface area contributed by atoms with Gasteiger partial charge in [-0.3, -0.25) is 13.2 Å². The Kier molecular flexibility index (Phi) is 4.01. The first-order valence-corrected chi connectivity index (χ1v) is 4.30. The van der Waals surface area contributed by atoms with Crippen LogP contribution in [0.4, 0.5) is 11.5 Å². The van der Waals surface area contributed by atoms with E-state index in [1.54, 1.807) is 0 Å². The molecule has 1 aromatic heterocycles. The van der Waals surface area contributed by atoms with E-state index in [4.69, 9.17) is 29.0 Å². The number of nitrogens with zero attached hydrogens (tertiary/aromatic N) is 1. The molecule has 0 saturated carbocycles. The molecule has 0 saturated heterocycles. The SMILES string of the molecule is Nc1nc[nH]c(=O)c1N.O=S(=O)([O-])[O-].[H+].[H+]. The van der Waals surface area contributed by atoms with Gasteiger partial charge in [0.15, 0.2) is 5.82 Å². The molecule has 0 amide bonds. The lowest BCUT2D eigenvalue weighted by atomic mass is 10.5. The normalized spacial score (nSPS) is 10.1. The highest BCUT2D eigenvalue weighted by Gasteiger charge is 1.96. The van der Waals surface area contributed by atoms with E-state index in [2.05, 4.69) is 9.97 Å². The summed E-state index contributed by atoms with van der Waals surface area (Å²) in [6.07, 6.45) is 1.20. The summed E-state index contributed by atoms with van der Waals surface area (Å²) < 4.78 is 34.1. The van der Waals surface area contributed by atoms with E-state index >= 15 is 0 Å². The highest BCUT2D eigenvalue weighted by atomic mass is 32.3. The molecule has 0 aromatic carbocycles. The lowest BCUT2D eigenvalue weighted by molar-refractivity contribution is 0.352. The molecule has 5 N–H and O–H groups in total. The summed E-state index contributed by atoms with van der Waals surface area (Å²) in [4.78, 5) is 16.3. The second-order valence-electron chi connectivity index (χ2n) is 1.94. The number of nitrogens with two attached hydrogens (primary N) is 2. The van der Waals surface area contributed by atoms with Crippen LogP contribution in [-0.2, 0) is 10.4 Å². The third-order valence-electron chi connectivity index (χ3n) is 0.920. The van der Waals surface area contributed by atoms with Crippen molar-refractivity contribution in [2.24, 2.45) is 0 Å². The molecule has 0 aliphatic rings. The fourth-order valence-electron chi connectivity index (χ4n) is 0.424. The van der Waals surface area contributed by atoms with Gasteiger partial charge >= 0.3 is 2.85 Å². The van der Waals surface area contributed by atoms with Crippen LogP contribution in [0.3, 0.4) is 0 Å². The minimum Gasteiger partial charge on any atom is -0.759 e. The van der Waals surface area contributed by atoms with E-state index in [1.165, 1.54) is 6.33 Å². The summed E-state index contributed by atoms with van der Waals surface area (Å²) >= 11 is 0. The van der Waals surface area contributed by atoms with Crippen molar-refractivity contribution >= 4 is 21.9 Å². The minimum absolute atomic E-state index is 0. The lowest BCUT2D eigenvalue weighted by Crippen LogP contribution is -2.14. The maximum absolute atomic E-state index is 10.5. The van der Waals surface area contributed by atoms with Crippen molar-refractivity contribution in [3.05, 3.63) is 16.7 Å². The molecule has 0 atom stereocenters. The molecule has 1 heterocycles. The number of nitrogens with one attached hydrogen (secondary N) is 1. The minimum atomic E-state index is -5.17. The van der Waals surface area contributed by atoms with Crippen molar-refractivity contribution in [3.8, 4) is 0 Å². The van der Waals surface area contributed by atoms with Gasteiger partial charge in [0.25, 0.3) is 5.56 Å². The molecule has 0 spiro atoms. The highest BCUT2D eigenvalue weighted by molar-refractivity contribution is 7.79. The Morgan fingerprint density at radius 1 is 1.43 bits per heavy atom. The molecular weight excluding hydrogens is 216 g/mol. The van der Waals surface area contributed by atoms with Crippen LogP contribution in [0.15, 0.2) is 11.1 Å². The largest absolute Gasteiger partial charge is 1.00 e. The fourth-order valence-corrected chi connectivity index (χ4v) is 0.424. The quantitative estimate of drug-likeness (QED) is 0.328. The molecule has 0 aliphatic heterocycles. The fraction of sp³-hybridized carbons (Fsp3) is 0. The number of hydrogen-bond donors (Lipinski definition) is 3. The van der Waals surface area contributed by atoms with Crippen LogP contribution >= 0.6 is 0 Å². The molecule has 9 nitrogen and oxygen atoms in total. The van der Waals surface area contributed by atoms with E-state index in [1.807, 2.05) is 0 Å². The molecule has 14 heavy (non-hydrogen) atoms. The lowest BCUT2D eigenvalue weighted by Gasteiger charge is -2.06. The molecule has 0 unspecified atom stereocenters. The monoisotopic (exact) mass is 224 g/mol. The zero-order valence-electron chi connectivity index (χ0n) is 8.63. The number of nitrogen functional groups attached to an aromatic ring is 2. The average Bonchev–Trinajstić information content (AvgIpc) is 1.97. The summed E-state index contributed by atoms with van der Waals surface area (Å²) in [6.45, 7) is 0. The Balaban J connectivity index is -0.000000214. The van der Waals surface area contributed by atoms with E-state index < -0.39 is 16.0 Å². The van der Waals surface area contributed by atoms with Gasteiger partial charge in [0, 0.05) is 10.4 Å². The van der Waals surface area contributed by atoms with Gasteiger partial charge < -0.3 is 25.6 Å². The van der Waals surface area contributed by atoms with Crippen LogP contribution < -0.4 is 17.0 Å². The highest BCUT2D eigenvalue weighted by Crippen LogP contribution is 1.98. The molecule has 0 aliphatic carbocycles. The molecule has 1 rings (SSSR count). The second kappa shape index (κ2) is 4.55. The van der Waals surface area contributed by atoms with E-state index in [0.29, 0.717) is 0 Å². The summed E-state index contributed by atoms with van der Waals surface area (Å²) in [6, 6.07) is 0. The van der Waals surface area contributed by atoms with E-state index in [9.17, 15) is 4.79 Å². The van der Waals surface area contributed by atoms with Gasteiger partial charge in [0.1, 0.15) is 5.69 Å². The Morgan fingerprint density at radius 2 is 1.86 bits per heavy atom. The van der Waals surface area contributed by atoms with Gasteiger partial charge in [0.2, 0.25) is 0 Å². The molecular formula is C4H8N4O5S. The van der Waals surface area contributed by atoms with Crippen molar-refractivity contribution in [1.29, 1.82) is 0 Å². The maximum atomic E-state index is 10.5. The third kappa shape index (κ3) is 5.93. The van der Waals surface area contributed by atoms with Crippen molar-refractivity contribution in [2.45, 2.75) is 0 Å². The topological polar surface area (TPSA) is 178 Å². The maximum Gasteiger partial charge on any atom is 1.00 e. The van der Waals surface area contributed by atoms with Gasteiger partial charge in [-0.1, -0.05) is 0 Å². The number of H-pyrrole nitrogens is 1. The number of anilines is 2. The summed E-state index contributed by atoms with van der Waals surface area (Å²) in [5.74, 6) is 0.0683. The average molecular weight is 224 g/mol. The van der Waals surface area contributed by atoms with Crippen molar-refractivity contribution in [1.82, 2.24) is 9.97 Å². The van der Waals surface area contributed by atoms with Crippen LogP contribution in [-0.4, -0.2) is 27.5 Å². The molecule has 80 valence electrons. The number of aromatic nitrogens is 2. The molecule has 1 aromatic rings. The smallest absolute Gasteiger partial charge is 0.759 e.